The maximum atomic E-state index is 14.4. The molecule has 0 unspecified atom stereocenters. The van der Waals surface area contributed by atoms with Gasteiger partial charge in [0, 0.05) is 19.7 Å². The van der Waals surface area contributed by atoms with Gasteiger partial charge in [-0.05, 0) is 6.07 Å². The molecular formula is C15H12FN5O4. The average Bonchev–Trinajstić information content (AvgIpc) is 2.59. The van der Waals surface area contributed by atoms with Gasteiger partial charge in [0.1, 0.15) is 17.6 Å². The van der Waals surface area contributed by atoms with E-state index in [1.807, 2.05) is 6.07 Å². The van der Waals surface area contributed by atoms with Crippen LogP contribution in [0, 0.1) is 17.1 Å². The van der Waals surface area contributed by atoms with Crippen LogP contribution in [0.15, 0.2) is 27.9 Å². The fourth-order valence-corrected chi connectivity index (χ4v) is 2.42. The number of fused-ring (bicyclic) bond motifs is 1. The minimum absolute atomic E-state index is 0.0793. The van der Waals surface area contributed by atoms with Crippen LogP contribution in [0.5, 0.6) is 5.75 Å². The molecule has 2 heterocycles. The Morgan fingerprint density at radius 2 is 2.08 bits per heavy atom. The van der Waals surface area contributed by atoms with Crippen LogP contribution in [0.25, 0.3) is 5.69 Å². The second-order valence-electron chi connectivity index (χ2n) is 5.25. The van der Waals surface area contributed by atoms with Crippen LogP contribution in [0.4, 0.5) is 10.1 Å². The number of nitrogens with zero attached hydrogens (tertiary/aromatic N) is 5. The SMILES string of the molecule is Cn1c(=O)cnn(-c2cc3c(cc2F)OCC(=O)N3CCC#N)c1=O. The minimum atomic E-state index is -0.835. The number of hydrogen-bond donors (Lipinski definition) is 0. The smallest absolute Gasteiger partial charge is 0.352 e. The highest BCUT2D eigenvalue weighted by Gasteiger charge is 2.27. The summed E-state index contributed by atoms with van der Waals surface area (Å²) in [5.41, 5.74) is -1.48. The van der Waals surface area contributed by atoms with E-state index >= 15 is 0 Å². The molecule has 2 aromatic rings. The molecule has 0 fully saturated rings. The molecule has 0 saturated heterocycles. The van der Waals surface area contributed by atoms with Gasteiger partial charge in [0.15, 0.2) is 12.4 Å². The van der Waals surface area contributed by atoms with Crippen molar-refractivity contribution in [2.75, 3.05) is 18.1 Å². The van der Waals surface area contributed by atoms with Crippen molar-refractivity contribution in [3.63, 3.8) is 0 Å². The molecule has 3 rings (SSSR count). The van der Waals surface area contributed by atoms with Crippen LogP contribution in [-0.4, -0.2) is 33.4 Å². The van der Waals surface area contributed by atoms with Gasteiger partial charge in [0.05, 0.1) is 18.2 Å². The lowest BCUT2D eigenvalue weighted by Gasteiger charge is -2.29. The number of nitriles is 1. The van der Waals surface area contributed by atoms with Gasteiger partial charge in [-0.25, -0.2) is 9.18 Å². The van der Waals surface area contributed by atoms with E-state index < -0.39 is 17.1 Å². The summed E-state index contributed by atoms with van der Waals surface area (Å²) in [6.07, 6.45) is 0.964. The van der Waals surface area contributed by atoms with Gasteiger partial charge >= 0.3 is 5.69 Å². The van der Waals surface area contributed by atoms with Crippen LogP contribution in [0.1, 0.15) is 6.42 Å². The van der Waals surface area contributed by atoms with Crippen LogP contribution in [0.2, 0.25) is 0 Å². The molecule has 0 aliphatic carbocycles. The van der Waals surface area contributed by atoms with E-state index in [9.17, 15) is 18.8 Å². The zero-order chi connectivity index (χ0) is 18.1. The predicted octanol–water partition coefficient (Wildman–Crippen LogP) is -0.291. The summed E-state index contributed by atoms with van der Waals surface area (Å²) in [5, 5.41) is 12.4. The van der Waals surface area contributed by atoms with E-state index in [4.69, 9.17) is 10.00 Å². The molecule has 1 aromatic heterocycles. The Hall–Kier alpha value is -3.48. The Morgan fingerprint density at radius 3 is 2.80 bits per heavy atom. The first-order valence-electron chi connectivity index (χ1n) is 7.23. The zero-order valence-corrected chi connectivity index (χ0v) is 13.1. The van der Waals surface area contributed by atoms with E-state index in [0.29, 0.717) is 0 Å². The van der Waals surface area contributed by atoms with Crippen molar-refractivity contribution in [1.82, 2.24) is 14.3 Å². The fourth-order valence-electron chi connectivity index (χ4n) is 2.42. The lowest BCUT2D eigenvalue weighted by molar-refractivity contribution is -0.121. The number of halogens is 1. The number of carbonyl (C=O) groups excluding carboxylic acids is 1. The minimum Gasteiger partial charge on any atom is -0.481 e. The van der Waals surface area contributed by atoms with Crippen molar-refractivity contribution >= 4 is 11.6 Å². The molecule has 0 atom stereocenters. The lowest BCUT2D eigenvalue weighted by atomic mass is 10.2. The van der Waals surface area contributed by atoms with Crippen LogP contribution >= 0.6 is 0 Å². The molecular weight excluding hydrogens is 333 g/mol. The first-order valence-corrected chi connectivity index (χ1v) is 7.23. The Balaban J connectivity index is 2.18. The van der Waals surface area contributed by atoms with E-state index in [1.54, 1.807) is 0 Å². The number of hydrogen-bond acceptors (Lipinski definition) is 6. The molecule has 0 N–H and O–H groups in total. The number of benzene rings is 1. The molecule has 0 saturated carbocycles. The number of carbonyl (C=O) groups is 1. The third-order valence-corrected chi connectivity index (χ3v) is 3.73. The highest BCUT2D eigenvalue weighted by atomic mass is 19.1. The van der Waals surface area contributed by atoms with Crippen LogP contribution in [0.3, 0.4) is 0 Å². The number of amides is 1. The highest BCUT2D eigenvalue weighted by Crippen LogP contribution is 2.35. The van der Waals surface area contributed by atoms with E-state index in [-0.39, 0.29) is 42.6 Å². The number of ether oxygens (including phenoxy) is 1. The van der Waals surface area contributed by atoms with Crippen molar-refractivity contribution in [2.45, 2.75) is 6.42 Å². The molecule has 0 spiro atoms. The largest absolute Gasteiger partial charge is 0.481 e. The fraction of sp³-hybridized carbons (Fsp3) is 0.267. The molecule has 1 aliphatic heterocycles. The van der Waals surface area contributed by atoms with Crippen molar-refractivity contribution in [2.24, 2.45) is 7.05 Å². The van der Waals surface area contributed by atoms with Crippen LogP contribution in [-0.2, 0) is 11.8 Å². The van der Waals surface area contributed by atoms with Gasteiger partial charge in [-0.15, -0.1) is 0 Å². The second-order valence-corrected chi connectivity index (χ2v) is 5.25. The third kappa shape index (κ3) is 2.76. The standard InChI is InChI=1S/C15H12FN5O4/c1-19-13(22)7-18-21(15(19)24)10-6-11-12(5-9(10)16)25-8-14(23)20(11)4-2-3-17/h5-7H,2,4,8H2,1H3. The summed E-state index contributed by atoms with van der Waals surface area (Å²) in [4.78, 5) is 36.9. The first-order chi connectivity index (χ1) is 11.9. The maximum Gasteiger partial charge on any atom is 0.352 e. The lowest BCUT2D eigenvalue weighted by Crippen LogP contribution is -2.40. The van der Waals surface area contributed by atoms with Gasteiger partial charge in [-0.1, -0.05) is 0 Å². The van der Waals surface area contributed by atoms with Gasteiger partial charge in [0.2, 0.25) is 0 Å². The van der Waals surface area contributed by atoms with Crippen molar-refractivity contribution < 1.29 is 13.9 Å². The number of aromatic nitrogens is 3. The van der Waals surface area contributed by atoms with Crippen molar-refractivity contribution in [3.8, 4) is 17.5 Å². The number of rotatable bonds is 3. The predicted molar refractivity (Wildman–Crippen MR) is 83.1 cm³/mol. The Morgan fingerprint density at radius 1 is 1.32 bits per heavy atom. The van der Waals surface area contributed by atoms with E-state index in [2.05, 4.69) is 5.10 Å². The Kier molecular flexibility index (Phi) is 4.06. The normalized spacial score (nSPS) is 13.2. The second kappa shape index (κ2) is 6.20. The maximum absolute atomic E-state index is 14.4. The van der Waals surface area contributed by atoms with Gasteiger partial charge < -0.3 is 9.64 Å². The average molecular weight is 345 g/mol. The summed E-state index contributed by atoms with van der Waals surface area (Å²) >= 11 is 0. The molecule has 128 valence electrons. The van der Waals surface area contributed by atoms with Gasteiger partial charge in [-0.2, -0.15) is 15.0 Å². The molecule has 0 radical (unpaired) electrons. The third-order valence-electron chi connectivity index (χ3n) is 3.73. The zero-order valence-electron chi connectivity index (χ0n) is 13.1. The molecule has 0 bridgehead atoms. The van der Waals surface area contributed by atoms with E-state index in [0.717, 1.165) is 21.5 Å². The quantitative estimate of drug-likeness (QED) is 0.756. The van der Waals surface area contributed by atoms with Crippen LogP contribution < -0.4 is 20.9 Å². The summed E-state index contributed by atoms with van der Waals surface area (Å²) in [5.74, 6) is -1.07. The van der Waals surface area contributed by atoms with Crippen molar-refractivity contribution in [3.05, 3.63) is 45.0 Å². The molecule has 9 nitrogen and oxygen atoms in total. The summed E-state index contributed by atoms with van der Waals surface area (Å²) in [7, 11) is 1.24. The van der Waals surface area contributed by atoms with Crippen molar-refractivity contribution in [1.29, 1.82) is 5.26 Å². The van der Waals surface area contributed by atoms with Gasteiger partial charge in [-0.3, -0.25) is 14.2 Å². The van der Waals surface area contributed by atoms with Gasteiger partial charge in [0.25, 0.3) is 11.5 Å². The monoisotopic (exact) mass is 345 g/mol. The summed E-state index contributed by atoms with van der Waals surface area (Å²) in [6, 6.07) is 4.20. The molecule has 1 amide bonds. The molecule has 1 aromatic carbocycles. The summed E-state index contributed by atoms with van der Waals surface area (Å²) in [6.45, 7) is -0.165. The molecule has 10 heteroatoms. The summed E-state index contributed by atoms with van der Waals surface area (Å²) < 4.78 is 21.1. The first kappa shape index (κ1) is 16.4. The highest BCUT2D eigenvalue weighted by molar-refractivity contribution is 5.98. The Bertz CT molecular complexity index is 1020. The molecule has 25 heavy (non-hydrogen) atoms. The Labute approximate surface area is 140 Å². The van der Waals surface area contributed by atoms with E-state index in [1.165, 1.54) is 18.0 Å². The topological polar surface area (TPSA) is 110 Å². The molecule has 1 aliphatic rings. The number of anilines is 1.